The van der Waals surface area contributed by atoms with Gasteiger partial charge in [-0.25, -0.2) is 0 Å². The molecule has 0 aliphatic rings. The molecule has 1 aromatic heterocycles. The quantitative estimate of drug-likeness (QED) is 0.693. The standard InChI is InChI=1S/C19H26N2O3/c1-13(2)15-7-4-5-8-16(15)21-19(23)11-14(3)20-17(12-22)18-9-6-10-24-18/h4-10,13-14,17,20,22H,11-12H2,1-3H3,(H,21,23). The molecule has 0 aliphatic heterocycles. The second kappa shape index (κ2) is 8.66. The van der Waals surface area contributed by atoms with E-state index in [2.05, 4.69) is 24.5 Å². The number of aliphatic hydroxyl groups is 1. The molecule has 5 heteroatoms. The summed E-state index contributed by atoms with van der Waals surface area (Å²) in [7, 11) is 0. The number of benzene rings is 1. The lowest BCUT2D eigenvalue weighted by Gasteiger charge is -2.20. The molecule has 3 N–H and O–H groups in total. The highest BCUT2D eigenvalue weighted by Crippen LogP contribution is 2.24. The predicted octanol–water partition coefficient (Wildman–Crippen LogP) is 3.44. The second-order valence-electron chi connectivity index (χ2n) is 6.31. The van der Waals surface area contributed by atoms with E-state index in [0.29, 0.717) is 18.1 Å². The molecule has 0 saturated carbocycles. The predicted molar refractivity (Wildman–Crippen MR) is 94.9 cm³/mol. The van der Waals surface area contributed by atoms with Crippen molar-refractivity contribution < 1.29 is 14.3 Å². The SMILES string of the molecule is CC(CC(=O)Nc1ccccc1C(C)C)NC(CO)c1ccco1. The lowest BCUT2D eigenvalue weighted by atomic mass is 10.0. The van der Waals surface area contributed by atoms with Crippen molar-refractivity contribution in [2.24, 2.45) is 0 Å². The van der Waals surface area contributed by atoms with Gasteiger partial charge in [0.05, 0.1) is 18.9 Å². The number of hydrogen-bond donors (Lipinski definition) is 3. The highest BCUT2D eigenvalue weighted by atomic mass is 16.3. The molecular formula is C19H26N2O3. The van der Waals surface area contributed by atoms with Gasteiger partial charge in [0, 0.05) is 18.2 Å². The van der Waals surface area contributed by atoms with E-state index in [-0.39, 0.29) is 24.6 Å². The fourth-order valence-electron chi connectivity index (χ4n) is 2.71. The van der Waals surface area contributed by atoms with Gasteiger partial charge in [0.15, 0.2) is 0 Å². The molecule has 2 atom stereocenters. The smallest absolute Gasteiger partial charge is 0.225 e. The molecule has 2 rings (SSSR count). The van der Waals surface area contributed by atoms with E-state index in [1.807, 2.05) is 31.2 Å². The number of carbonyl (C=O) groups is 1. The van der Waals surface area contributed by atoms with Crippen LogP contribution in [0.1, 0.15) is 50.5 Å². The average molecular weight is 330 g/mol. The molecule has 1 amide bonds. The molecule has 5 nitrogen and oxygen atoms in total. The Morgan fingerprint density at radius 2 is 1.92 bits per heavy atom. The van der Waals surface area contributed by atoms with Crippen LogP contribution in [0.5, 0.6) is 0 Å². The number of anilines is 1. The summed E-state index contributed by atoms with van der Waals surface area (Å²) in [5, 5.41) is 15.7. The Hall–Kier alpha value is -2.11. The Kier molecular flexibility index (Phi) is 6.58. The number of rotatable bonds is 8. The molecule has 130 valence electrons. The molecule has 1 aromatic carbocycles. The van der Waals surface area contributed by atoms with E-state index in [4.69, 9.17) is 4.42 Å². The van der Waals surface area contributed by atoms with Crippen molar-refractivity contribution in [1.29, 1.82) is 0 Å². The van der Waals surface area contributed by atoms with Crippen molar-refractivity contribution in [3.8, 4) is 0 Å². The third-order valence-electron chi connectivity index (χ3n) is 3.90. The van der Waals surface area contributed by atoms with Crippen LogP contribution in [-0.4, -0.2) is 23.7 Å². The molecule has 24 heavy (non-hydrogen) atoms. The lowest BCUT2D eigenvalue weighted by Crippen LogP contribution is -2.35. The van der Waals surface area contributed by atoms with E-state index in [1.54, 1.807) is 18.4 Å². The summed E-state index contributed by atoms with van der Waals surface area (Å²) in [6.07, 6.45) is 1.88. The van der Waals surface area contributed by atoms with Gasteiger partial charge in [-0.1, -0.05) is 32.0 Å². The minimum Gasteiger partial charge on any atom is -0.468 e. The van der Waals surface area contributed by atoms with Crippen LogP contribution in [0.25, 0.3) is 0 Å². The third kappa shape index (κ3) is 4.94. The number of para-hydroxylation sites is 1. The highest BCUT2D eigenvalue weighted by molar-refractivity contribution is 5.92. The minimum absolute atomic E-state index is 0.0563. The monoisotopic (exact) mass is 330 g/mol. The third-order valence-corrected chi connectivity index (χ3v) is 3.90. The zero-order valence-electron chi connectivity index (χ0n) is 14.5. The molecule has 2 unspecified atom stereocenters. The number of nitrogens with one attached hydrogen (secondary N) is 2. The highest BCUT2D eigenvalue weighted by Gasteiger charge is 2.18. The Labute approximate surface area is 143 Å². The first-order valence-corrected chi connectivity index (χ1v) is 8.30. The zero-order chi connectivity index (χ0) is 17.5. The summed E-state index contributed by atoms with van der Waals surface area (Å²) in [6, 6.07) is 11.0. The molecule has 2 aromatic rings. The first kappa shape index (κ1) is 18.2. The van der Waals surface area contributed by atoms with Gasteiger partial charge >= 0.3 is 0 Å². The number of aliphatic hydroxyl groups excluding tert-OH is 1. The van der Waals surface area contributed by atoms with Crippen LogP contribution < -0.4 is 10.6 Å². The summed E-state index contributed by atoms with van der Waals surface area (Å²) in [4.78, 5) is 12.3. The summed E-state index contributed by atoms with van der Waals surface area (Å²) in [5.41, 5.74) is 1.98. The second-order valence-corrected chi connectivity index (χ2v) is 6.31. The molecule has 0 aliphatic carbocycles. The number of carbonyl (C=O) groups excluding carboxylic acids is 1. The summed E-state index contributed by atoms with van der Waals surface area (Å²) >= 11 is 0. The van der Waals surface area contributed by atoms with Crippen LogP contribution in [0.3, 0.4) is 0 Å². The van der Waals surface area contributed by atoms with Crippen molar-refractivity contribution in [1.82, 2.24) is 5.32 Å². The van der Waals surface area contributed by atoms with Crippen molar-refractivity contribution in [3.05, 3.63) is 54.0 Å². The number of amides is 1. The molecular weight excluding hydrogens is 304 g/mol. The maximum absolute atomic E-state index is 12.3. The maximum Gasteiger partial charge on any atom is 0.225 e. The van der Waals surface area contributed by atoms with Crippen LogP contribution in [0.2, 0.25) is 0 Å². The van der Waals surface area contributed by atoms with Gasteiger partial charge in [-0.05, 0) is 36.6 Å². The first-order valence-electron chi connectivity index (χ1n) is 8.30. The molecule has 0 bridgehead atoms. The van der Waals surface area contributed by atoms with Crippen LogP contribution in [0.4, 0.5) is 5.69 Å². The van der Waals surface area contributed by atoms with E-state index in [0.717, 1.165) is 11.3 Å². The molecule has 0 spiro atoms. The summed E-state index contributed by atoms with van der Waals surface area (Å²) in [6.45, 7) is 6.03. The van der Waals surface area contributed by atoms with E-state index in [1.165, 1.54) is 0 Å². The van der Waals surface area contributed by atoms with Gasteiger partial charge in [-0.3, -0.25) is 4.79 Å². The maximum atomic E-state index is 12.3. The lowest BCUT2D eigenvalue weighted by molar-refractivity contribution is -0.116. The van der Waals surface area contributed by atoms with Gasteiger partial charge in [-0.2, -0.15) is 0 Å². The average Bonchev–Trinajstić information content (AvgIpc) is 3.07. The van der Waals surface area contributed by atoms with E-state index >= 15 is 0 Å². The van der Waals surface area contributed by atoms with Crippen molar-refractivity contribution >= 4 is 11.6 Å². The number of furan rings is 1. The van der Waals surface area contributed by atoms with Gasteiger partial charge in [0.1, 0.15) is 5.76 Å². The molecule has 0 fully saturated rings. The van der Waals surface area contributed by atoms with Gasteiger partial charge < -0.3 is 20.2 Å². The topological polar surface area (TPSA) is 74.5 Å². The summed E-state index contributed by atoms with van der Waals surface area (Å²) < 4.78 is 5.31. The van der Waals surface area contributed by atoms with Crippen molar-refractivity contribution in [3.63, 3.8) is 0 Å². The Balaban J connectivity index is 1.92. The molecule has 0 radical (unpaired) electrons. The van der Waals surface area contributed by atoms with Gasteiger partial charge in [-0.15, -0.1) is 0 Å². The molecule has 0 saturated heterocycles. The Morgan fingerprint density at radius 1 is 1.17 bits per heavy atom. The van der Waals surface area contributed by atoms with E-state index in [9.17, 15) is 9.90 Å². The fraction of sp³-hybridized carbons (Fsp3) is 0.421. The van der Waals surface area contributed by atoms with Crippen LogP contribution in [0, 0.1) is 0 Å². The zero-order valence-corrected chi connectivity index (χ0v) is 14.5. The normalized spacial score (nSPS) is 13.7. The van der Waals surface area contributed by atoms with E-state index < -0.39 is 0 Å². The van der Waals surface area contributed by atoms with Crippen LogP contribution in [-0.2, 0) is 4.79 Å². The Bertz CT molecular complexity index is 638. The largest absolute Gasteiger partial charge is 0.468 e. The minimum atomic E-state index is -0.314. The number of hydrogen-bond acceptors (Lipinski definition) is 4. The van der Waals surface area contributed by atoms with Gasteiger partial charge in [0.25, 0.3) is 0 Å². The summed E-state index contributed by atoms with van der Waals surface area (Å²) in [5.74, 6) is 0.948. The van der Waals surface area contributed by atoms with Crippen LogP contribution in [0.15, 0.2) is 47.1 Å². The van der Waals surface area contributed by atoms with Gasteiger partial charge in [0.2, 0.25) is 5.91 Å². The first-order chi connectivity index (χ1) is 11.5. The molecule has 1 heterocycles. The van der Waals surface area contributed by atoms with Crippen molar-refractivity contribution in [2.45, 2.75) is 45.2 Å². The fourth-order valence-corrected chi connectivity index (χ4v) is 2.71. The van der Waals surface area contributed by atoms with Crippen LogP contribution >= 0.6 is 0 Å². The van der Waals surface area contributed by atoms with Crippen molar-refractivity contribution in [2.75, 3.05) is 11.9 Å². The Morgan fingerprint density at radius 3 is 2.54 bits per heavy atom.